The van der Waals surface area contributed by atoms with Crippen LogP contribution in [0, 0.1) is 13.8 Å². The molecule has 0 aliphatic carbocycles. The number of carbonyl (C=O) groups is 2. The zero-order chi connectivity index (χ0) is 17.4. The zero-order valence-electron chi connectivity index (χ0n) is 14.1. The molecule has 2 aromatic heterocycles. The summed E-state index contributed by atoms with van der Waals surface area (Å²) >= 11 is 0. The largest absolute Gasteiger partial charge is 0.366 e. The van der Waals surface area contributed by atoms with Crippen LogP contribution in [0.15, 0.2) is 18.3 Å². The fourth-order valence-corrected chi connectivity index (χ4v) is 3.40. The van der Waals surface area contributed by atoms with Crippen LogP contribution >= 0.6 is 0 Å². The molecule has 7 nitrogen and oxygen atoms in total. The number of primary amides is 1. The van der Waals surface area contributed by atoms with Crippen LogP contribution in [-0.4, -0.2) is 38.0 Å². The van der Waals surface area contributed by atoms with E-state index in [1.807, 2.05) is 30.5 Å². The molecule has 2 N–H and O–H groups in total. The van der Waals surface area contributed by atoms with Crippen molar-refractivity contribution in [1.82, 2.24) is 19.7 Å². The van der Waals surface area contributed by atoms with Crippen molar-refractivity contribution in [2.24, 2.45) is 12.8 Å². The first-order valence-corrected chi connectivity index (χ1v) is 7.97. The van der Waals surface area contributed by atoms with Gasteiger partial charge >= 0.3 is 0 Å². The Morgan fingerprint density at radius 2 is 2.04 bits per heavy atom. The molecule has 2 amide bonds. The van der Waals surface area contributed by atoms with Gasteiger partial charge in [0.1, 0.15) is 5.69 Å². The van der Waals surface area contributed by atoms with Gasteiger partial charge in [-0.25, -0.2) is 0 Å². The molecule has 1 atom stereocenters. The van der Waals surface area contributed by atoms with Crippen molar-refractivity contribution in [2.45, 2.75) is 32.7 Å². The van der Waals surface area contributed by atoms with Crippen LogP contribution in [-0.2, 0) is 7.05 Å². The van der Waals surface area contributed by atoms with Gasteiger partial charge in [-0.2, -0.15) is 5.10 Å². The highest BCUT2D eigenvalue weighted by atomic mass is 16.2. The minimum atomic E-state index is -0.554. The number of nitrogens with zero attached hydrogens (tertiary/aromatic N) is 4. The van der Waals surface area contributed by atoms with Gasteiger partial charge in [-0.05, 0) is 38.8 Å². The van der Waals surface area contributed by atoms with Gasteiger partial charge in [0, 0.05) is 31.0 Å². The van der Waals surface area contributed by atoms with Crippen LogP contribution in [0.4, 0.5) is 0 Å². The van der Waals surface area contributed by atoms with Crippen molar-refractivity contribution in [2.75, 3.05) is 6.54 Å². The Morgan fingerprint density at radius 3 is 2.58 bits per heavy atom. The third-order valence-electron chi connectivity index (χ3n) is 4.68. The molecule has 1 aliphatic heterocycles. The Labute approximate surface area is 140 Å². The molecular weight excluding hydrogens is 306 g/mol. The van der Waals surface area contributed by atoms with Crippen molar-refractivity contribution >= 4 is 11.8 Å². The molecular formula is C17H21N5O2. The Balaban J connectivity index is 1.90. The predicted octanol–water partition coefficient (Wildman–Crippen LogP) is 1.51. The monoisotopic (exact) mass is 327 g/mol. The van der Waals surface area contributed by atoms with E-state index in [9.17, 15) is 9.59 Å². The molecule has 2 aromatic rings. The standard InChI is InChI=1S/C17H21N5O2/c1-10-15(11(2)21(3)20-10)14-5-4-8-22(14)17(24)13-7-6-12(9-19-13)16(18)23/h6-7,9,14H,4-5,8H2,1-3H3,(H2,18,23). The second kappa shape index (κ2) is 6.07. The van der Waals surface area contributed by atoms with Crippen LogP contribution in [0.1, 0.15) is 56.7 Å². The lowest BCUT2D eigenvalue weighted by atomic mass is 10.0. The number of amides is 2. The minimum absolute atomic E-state index is 0.0174. The number of aryl methyl sites for hydroxylation is 2. The molecule has 3 heterocycles. The van der Waals surface area contributed by atoms with Gasteiger partial charge < -0.3 is 10.6 Å². The van der Waals surface area contributed by atoms with Gasteiger partial charge in [0.05, 0.1) is 17.3 Å². The summed E-state index contributed by atoms with van der Waals surface area (Å²) in [6.45, 7) is 4.69. The van der Waals surface area contributed by atoms with Crippen LogP contribution in [0.3, 0.4) is 0 Å². The first-order chi connectivity index (χ1) is 11.4. The Morgan fingerprint density at radius 1 is 1.29 bits per heavy atom. The maximum atomic E-state index is 12.9. The van der Waals surface area contributed by atoms with E-state index in [0.29, 0.717) is 17.8 Å². The van der Waals surface area contributed by atoms with E-state index in [1.54, 1.807) is 6.07 Å². The van der Waals surface area contributed by atoms with Gasteiger partial charge in [0.2, 0.25) is 5.91 Å². The van der Waals surface area contributed by atoms with Gasteiger partial charge in [0.15, 0.2) is 0 Å². The van der Waals surface area contributed by atoms with Gasteiger partial charge in [-0.3, -0.25) is 19.3 Å². The van der Waals surface area contributed by atoms with E-state index >= 15 is 0 Å². The summed E-state index contributed by atoms with van der Waals surface area (Å²) in [7, 11) is 1.91. The molecule has 1 saturated heterocycles. The molecule has 0 saturated carbocycles. The van der Waals surface area contributed by atoms with Crippen LogP contribution in [0.5, 0.6) is 0 Å². The average molecular weight is 327 g/mol. The molecule has 0 spiro atoms. The summed E-state index contributed by atoms with van der Waals surface area (Å²) in [4.78, 5) is 30.0. The minimum Gasteiger partial charge on any atom is -0.366 e. The van der Waals surface area contributed by atoms with Gasteiger partial charge in [-0.1, -0.05) is 0 Å². The number of aromatic nitrogens is 3. The average Bonchev–Trinajstić information content (AvgIpc) is 3.12. The number of hydrogen-bond donors (Lipinski definition) is 1. The Kier molecular flexibility index (Phi) is 4.09. The quantitative estimate of drug-likeness (QED) is 0.924. The molecule has 126 valence electrons. The fraction of sp³-hybridized carbons (Fsp3) is 0.412. The maximum absolute atomic E-state index is 12.9. The number of carbonyl (C=O) groups excluding carboxylic acids is 2. The third-order valence-corrected chi connectivity index (χ3v) is 4.68. The molecule has 0 bridgehead atoms. The second-order valence-electron chi connectivity index (χ2n) is 6.16. The van der Waals surface area contributed by atoms with Gasteiger partial charge in [-0.15, -0.1) is 0 Å². The Bertz CT molecular complexity index is 794. The van der Waals surface area contributed by atoms with E-state index in [0.717, 1.165) is 29.8 Å². The summed E-state index contributed by atoms with van der Waals surface area (Å²) in [5.74, 6) is -0.682. The molecule has 7 heteroatoms. The number of likely N-dealkylation sites (tertiary alicyclic amines) is 1. The van der Waals surface area contributed by atoms with E-state index in [-0.39, 0.29) is 11.9 Å². The highest BCUT2D eigenvalue weighted by Crippen LogP contribution is 2.36. The highest BCUT2D eigenvalue weighted by Gasteiger charge is 2.34. The number of hydrogen-bond acceptors (Lipinski definition) is 4. The van der Waals surface area contributed by atoms with E-state index in [1.165, 1.54) is 12.3 Å². The SMILES string of the molecule is Cc1nn(C)c(C)c1C1CCCN1C(=O)c1ccc(C(N)=O)cn1. The smallest absolute Gasteiger partial charge is 0.272 e. The lowest BCUT2D eigenvalue weighted by Crippen LogP contribution is -2.31. The van der Waals surface area contributed by atoms with Crippen molar-refractivity contribution in [3.8, 4) is 0 Å². The third kappa shape index (κ3) is 2.66. The molecule has 1 fully saturated rings. The molecule has 0 aromatic carbocycles. The van der Waals surface area contributed by atoms with Crippen molar-refractivity contribution in [1.29, 1.82) is 0 Å². The lowest BCUT2D eigenvalue weighted by Gasteiger charge is -2.25. The molecule has 0 radical (unpaired) electrons. The number of rotatable bonds is 3. The number of nitrogens with two attached hydrogens (primary N) is 1. The van der Waals surface area contributed by atoms with Gasteiger partial charge in [0.25, 0.3) is 5.91 Å². The molecule has 1 aliphatic rings. The van der Waals surface area contributed by atoms with Crippen LogP contribution in [0.2, 0.25) is 0 Å². The van der Waals surface area contributed by atoms with Crippen LogP contribution in [0.25, 0.3) is 0 Å². The zero-order valence-corrected chi connectivity index (χ0v) is 14.1. The fourth-order valence-electron chi connectivity index (χ4n) is 3.40. The van der Waals surface area contributed by atoms with Crippen LogP contribution < -0.4 is 5.73 Å². The summed E-state index contributed by atoms with van der Waals surface area (Å²) in [6.07, 6.45) is 3.21. The summed E-state index contributed by atoms with van der Waals surface area (Å²) in [5, 5.41) is 4.46. The van der Waals surface area contributed by atoms with Crippen molar-refractivity contribution < 1.29 is 9.59 Å². The Hall–Kier alpha value is -2.70. The van der Waals surface area contributed by atoms with E-state index < -0.39 is 5.91 Å². The highest BCUT2D eigenvalue weighted by molar-refractivity contribution is 5.95. The van der Waals surface area contributed by atoms with E-state index in [4.69, 9.17) is 5.73 Å². The lowest BCUT2D eigenvalue weighted by molar-refractivity contribution is 0.0728. The molecule has 3 rings (SSSR count). The van der Waals surface area contributed by atoms with Crippen molar-refractivity contribution in [3.63, 3.8) is 0 Å². The summed E-state index contributed by atoms with van der Waals surface area (Å²) < 4.78 is 1.85. The summed E-state index contributed by atoms with van der Waals surface area (Å²) in [6, 6.07) is 3.11. The second-order valence-corrected chi connectivity index (χ2v) is 6.16. The number of pyridine rings is 1. The predicted molar refractivity (Wildman–Crippen MR) is 88.4 cm³/mol. The maximum Gasteiger partial charge on any atom is 0.272 e. The molecule has 24 heavy (non-hydrogen) atoms. The van der Waals surface area contributed by atoms with E-state index in [2.05, 4.69) is 10.1 Å². The summed E-state index contributed by atoms with van der Waals surface area (Å²) in [5.41, 5.74) is 8.99. The first-order valence-electron chi connectivity index (χ1n) is 7.97. The topological polar surface area (TPSA) is 94.1 Å². The van der Waals surface area contributed by atoms with Crippen molar-refractivity contribution in [3.05, 3.63) is 46.5 Å². The normalized spacial score (nSPS) is 17.3. The molecule has 1 unspecified atom stereocenters. The first kappa shape index (κ1) is 16.2.